The van der Waals surface area contributed by atoms with Crippen molar-refractivity contribution in [1.29, 1.82) is 0 Å². The predicted molar refractivity (Wildman–Crippen MR) is 189 cm³/mol. The number of carbonyl (C=O) groups excluding carboxylic acids is 3. The van der Waals surface area contributed by atoms with Gasteiger partial charge in [0.2, 0.25) is 0 Å². The smallest absolute Gasteiger partial charge is 0.410 e. The van der Waals surface area contributed by atoms with Crippen molar-refractivity contribution in [2.75, 3.05) is 71.3 Å². The lowest BCUT2D eigenvalue weighted by Crippen LogP contribution is -2.56. The first kappa shape index (κ1) is 36.0. The first-order valence-corrected chi connectivity index (χ1v) is 18.9. The number of urea groups is 1. The molecule has 3 N–H and O–H groups in total. The quantitative estimate of drug-likeness (QED) is 0.342. The molecular formula is C34H46BN7O7S. The van der Waals surface area contributed by atoms with E-state index < -0.39 is 22.4 Å². The minimum absolute atomic E-state index is 0.0252. The minimum atomic E-state index is -3.46. The van der Waals surface area contributed by atoms with Crippen LogP contribution in [0.4, 0.5) is 15.3 Å². The molecule has 6 rings (SSSR count). The van der Waals surface area contributed by atoms with Gasteiger partial charge in [0, 0.05) is 90.1 Å². The highest BCUT2D eigenvalue weighted by Crippen LogP contribution is 2.26. The Hall–Kier alpha value is -3.86. The van der Waals surface area contributed by atoms with Crippen LogP contribution in [0.5, 0.6) is 5.75 Å². The molecule has 0 unspecified atom stereocenters. The standard InChI is InChI=1S/C34H46BN7O7S/c1-36-50(47,48)41-20-18-38(19-21-41)26-9-13-39(14-10-26)32(44)31(23-24-6-7-30(43)28(35)22-24)49-34(46)40-15-11-27(12-16-40)42-17-8-25-4-2-3-5-29(25)37-33(42)45/h2-7,22,26-27,31,36,43H,8-21,23H2,1H3,(H,37,45)/t31-/m1/s1. The lowest BCUT2D eigenvalue weighted by atomic mass is 9.91. The Morgan fingerprint density at radius 2 is 1.60 bits per heavy atom. The summed E-state index contributed by atoms with van der Waals surface area (Å²) >= 11 is 0. The number of nitrogens with zero attached hydrogens (tertiary/aromatic N) is 5. The second-order valence-corrected chi connectivity index (χ2v) is 15.3. The number of aromatic hydroxyl groups is 1. The first-order valence-electron chi connectivity index (χ1n) is 17.4. The molecule has 4 aliphatic heterocycles. The number of rotatable bonds is 8. The number of piperazine rings is 1. The Kier molecular flexibility index (Phi) is 11.2. The summed E-state index contributed by atoms with van der Waals surface area (Å²) in [7, 11) is 3.90. The monoisotopic (exact) mass is 707 g/mol. The Labute approximate surface area is 295 Å². The molecule has 1 atom stereocenters. The molecule has 4 heterocycles. The van der Waals surface area contributed by atoms with Gasteiger partial charge in [0.05, 0.1) is 0 Å². The Balaban J connectivity index is 1.05. The van der Waals surface area contributed by atoms with E-state index in [1.54, 1.807) is 21.9 Å². The topological polar surface area (TPSA) is 155 Å². The number of ether oxygens (including phenoxy) is 1. The minimum Gasteiger partial charge on any atom is -0.509 e. The molecule has 0 aliphatic carbocycles. The number of amides is 4. The maximum absolute atomic E-state index is 14.0. The summed E-state index contributed by atoms with van der Waals surface area (Å²) in [6.07, 6.45) is 1.81. The van der Waals surface area contributed by atoms with Gasteiger partial charge in [0.25, 0.3) is 16.1 Å². The van der Waals surface area contributed by atoms with E-state index in [1.807, 2.05) is 29.2 Å². The molecule has 3 fully saturated rings. The third-order valence-corrected chi connectivity index (χ3v) is 12.1. The molecule has 268 valence electrons. The van der Waals surface area contributed by atoms with E-state index >= 15 is 0 Å². The van der Waals surface area contributed by atoms with Crippen molar-refractivity contribution in [3.8, 4) is 5.75 Å². The summed E-state index contributed by atoms with van der Waals surface area (Å²) in [5.74, 6) is -0.353. The molecule has 4 amide bonds. The Bertz CT molecular complexity index is 1660. The van der Waals surface area contributed by atoms with Crippen molar-refractivity contribution >= 4 is 47.2 Å². The number of benzene rings is 2. The van der Waals surface area contributed by atoms with Crippen molar-refractivity contribution in [2.45, 2.75) is 56.7 Å². The number of para-hydroxylation sites is 1. The van der Waals surface area contributed by atoms with Gasteiger partial charge in [-0.25, -0.2) is 14.3 Å². The van der Waals surface area contributed by atoms with Crippen LogP contribution in [0.15, 0.2) is 42.5 Å². The van der Waals surface area contributed by atoms with E-state index in [0.29, 0.717) is 77.3 Å². The first-order chi connectivity index (χ1) is 24.0. The molecule has 14 nitrogen and oxygen atoms in total. The average Bonchev–Trinajstić information content (AvgIpc) is 3.30. The van der Waals surface area contributed by atoms with Gasteiger partial charge in [0.15, 0.2) is 6.10 Å². The second-order valence-electron chi connectivity index (χ2n) is 13.4. The molecule has 3 saturated heterocycles. The molecule has 16 heteroatoms. The molecule has 2 radical (unpaired) electrons. The molecule has 0 aromatic heterocycles. The van der Waals surface area contributed by atoms with Crippen LogP contribution in [-0.2, 0) is 32.6 Å². The highest BCUT2D eigenvalue weighted by Gasteiger charge is 2.37. The second kappa shape index (κ2) is 15.6. The van der Waals surface area contributed by atoms with Crippen LogP contribution in [0.25, 0.3) is 0 Å². The lowest BCUT2D eigenvalue weighted by molar-refractivity contribution is -0.142. The number of hydrogen-bond acceptors (Lipinski definition) is 8. The number of nitrogens with one attached hydrogen (secondary N) is 2. The third kappa shape index (κ3) is 8.19. The Morgan fingerprint density at radius 3 is 2.28 bits per heavy atom. The van der Waals surface area contributed by atoms with Crippen LogP contribution in [0.3, 0.4) is 0 Å². The maximum Gasteiger partial charge on any atom is 0.410 e. The van der Waals surface area contributed by atoms with E-state index in [2.05, 4.69) is 14.9 Å². The zero-order valence-electron chi connectivity index (χ0n) is 28.5. The van der Waals surface area contributed by atoms with E-state index in [-0.39, 0.29) is 41.7 Å². The number of phenolic OH excluding ortho intramolecular Hbond substituents is 1. The average molecular weight is 708 g/mol. The Morgan fingerprint density at radius 1 is 0.940 bits per heavy atom. The van der Waals surface area contributed by atoms with Crippen molar-refractivity contribution in [2.24, 2.45) is 0 Å². The van der Waals surface area contributed by atoms with Crippen LogP contribution in [-0.4, -0.2) is 147 Å². The summed E-state index contributed by atoms with van der Waals surface area (Å²) in [4.78, 5) is 48.1. The summed E-state index contributed by atoms with van der Waals surface area (Å²) in [5.41, 5.74) is 2.76. The fourth-order valence-corrected chi connectivity index (χ4v) is 8.41. The largest absolute Gasteiger partial charge is 0.509 e. The summed E-state index contributed by atoms with van der Waals surface area (Å²) in [5, 5.41) is 13.0. The van der Waals surface area contributed by atoms with Gasteiger partial charge in [-0.15, -0.1) is 0 Å². The van der Waals surface area contributed by atoms with Crippen molar-refractivity contribution in [3.05, 3.63) is 53.6 Å². The van der Waals surface area contributed by atoms with Gasteiger partial charge in [-0.05, 0) is 55.4 Å². The number of phenols is 1. The van der Waals surface area contributed by atoms with Gasteiger partial charge in [0.1, 0.15) is 13.6 Å². The van der Waals surface area contributed by atoms with Crippen LogP contribution in [0, 0.1) is 0 Å². The van der Waals surface area contributed by atoms with Gasteiger partial charge in [-0.1, -0.05) is 35.8 Å². The van der Waals surface area contributed by atoms with E-state index in [9.17, 15) is 27.9 Å². The predicted octanol–water partition coefficient (Wildman–Crippen LogP) is 0.861. The SMILES string of the molecule is [B]c1cc(C[C@@H](OC(=O)N2CCC(N3CCc4ccccc4NC3=O)CC2)C(=O)N2CCC(N3CCN(S(=O)(=O)NC)CC3)CC2)ccc1O. The van der Waals surface area contributed by atoms with Crippen LogP contribution in [0.2, 0.25) is 0 Å². The molecule has 0 bridgehead atoms. The normalized spacial score (nSPS) is 20.9. The molecule has 0 saturated carbocycles. The van der Waals surface area contributed by atoms with E-state index in [4.69, 9.17) is 12.6 Å². The number of fused-ring (bicyclic) bond motifs is 1. The molecule has 4 aliphatic rings. The van der Waals surface area contributed by atoms with Crippen LogP contribution < -0.4 is 15.5 Å². The van der Waals surface area contributed by atoms with Gasteiger partial charge in [-0.3, -0.25) is 9.69 Å². The fourth-order valence-electron chi connectivity index (χ4n) is 7.51. The van der Waals surface area contributed by atoms with Crippen molar-refractivity contribution in [1.82, 2.24) is 28.6 Å². The van der Waals surface area contributed by atoms with E-state index in [0.717, 1.165) is 30.5 Å². The van der Waals surface area contributed by atoms with Crippen molar-refractivity contribution < 1.29 is 32.6 Å². The molecule has 2 aromatic rings. The van der Waals surface area contributed by atoms with E-state index in [1.165, 1.54) is 17.4 Å². The van der Waals surface area contributed by atoms with Crippen LogP contribution in [0.1, 0.15) is 36.8 Å². The molecular weight excluding hydrogens is 661 g/mol. The number of likely N-dealkylation sites (tertiary alicyclic amines) is 2. The highest BCUT2D eigenvalue weighted by atomic mass is 32.2. The zero-order valence-corrected chi connectivity index (χ0v) is 29.3. The fraction of sp³-hybridized carbons (Fsp3) is 0.559. The number of piperidine rings is 2. The number of carbonyl (C=O) groups is 3. The van der Waals surface area contributed by atoms with Crippen molar-refractivity contribution in [3.63, 3.8) is 0 Å². The highest BCUT2D eigenvalue weighted by molar-refractivity contribution is 7.87. The third-order valence-electron chi connectivity index (χ3n) is 10.5. The molecule has 50 heavy (non-hydrogen) atoms. The maximum atomic E-state index is 14.0. The van der Waals surface area contributed by atoms with Gasteiger partial charge >= 0.3 is 12.1 Å². The van der Waals surface area contributed by atoms with Gasteiger partial charge in [-0.2, -0.15) is 12.7 Å². The summed E-state index contributed by atoms with van der Waals surface area (Å²) in [6.45, 7) is 4.40. The lowest BCUT2D eigenvalue weighted by Gasteiger charge is -2.42. The summed E-state index contributed by atoms with van der Waals surface area (Å²) in [6, 6.07) is 12.6. The number of anilines is 1. The zero-order chi connectivity index (χ0) is 35.4. The van der Waals surface area contributed by atoms with Crippen LogP contribution >= 0.6 is 0 Å². The molecule has 0 spiro atoms. The summed E-state index contributed by atoms with van der Waals surface area (Å²) < 4.78 is 34.1. The number of hydrogen-bond donors (Lipinski definition) is 3. The van der Waals surface area contributed by atoms with Gasteiger partial charge < -0.3 is 29.9 Å². The molecule has 2 aromatic carbocycles.